The van der Waals surface area contributed by atoms with Crippen molar-refractivity contribution in [2.45, 2.75) is 51.4 Å². The summed E-state index contributed by atoms with van der Waals surface area (Å²) in [6, 6.07) is 5.01. The second-order valence-corrected chi connectivity index (χ2v) is 7.56. The van der Waals surface area contributed by atoms with Crippen molar-refractivity contribution >= 4 is 5.91 Å². The van der Waals surface area contributed by atoms with Crippen LogP contribution in [0.15, 0.2) is 24.3 Å². The quantitative estimate of drug-likeness (QED) is 0.710. The zero-order chi connectivity index (χ0) is 20.9. The summed E-state index contributed by atoms with van der Waals surface area (Å²) < 4.78 is 42.8. The van der Waals surface area contributed by atoms with Crippen molar-refractivity contribution in [3.63, 3.8) is 0 Å². The first-order chi connectivity index (χ1) is 14.4. The van der Waals surface area contributed by atoms with E-state index >= 15 is 0 Å². The number of carbonyl (C=O) groups excluding carboxylic acids is 1. The van der Waals surface area contributed by atoms with E-state index in [1.807, 2.05) is 4.57 Å². The first-order valence-electron chi connectivity index (χ1n) is 9.89. The van der Waals surface area contributed by atoms with E-state index in [9.17, 15) is 18.0 Å². The van der Waals surface area contributed by atoms with Crippen LogP contribution in [0.5, 0.6) is 0 Å². The second-order valence-electron chi connectivity index (χ2n) is 7.56. The lowest BCUT2D eigenvalue weighted by atomic mass is 10.1. The van der Waals surface area contributed by atoms with Gasteiger partial charge in [0.2, 0.25) is 0 Å². The van der Waals surface area contributed by atoms with Crippen molar-refractivity contribution in [3.8, 4) is 5.69 Å². The molecular formula is C20H19F3N6O. The van der Waals surface area contributed by atoms with Gasteiger partial charge in [-0.3, -0.25) is 4.79 Å². The van der Waals surface area contributed by atoms with E-state index in [-0.39, 0.29) is 18.1 Å². The number of benzene rings is 1. The standard InChI is InChI=1S/C20H19F3N6O/c21-20(22,23)12-4-1-5-13(10-12)29-15-7-2-6-14(15)18(27-29)19(30)24-11-17-26-25-16-8-3-9-28(16)17/h1,4-5,10H,2-3,6-9,11H2,(H,24,30). The third-order valence-electron chi connectivity index (χ3n) is 5.66. The van der Waals surface area contributed by atoms with Crippen LogP contribution in [0.1, 0.15) is 51.8 Å². The lowest BCUT2D eigenvalue weighted by Crippen LogP contribution is -2.26. The van der Waals surface area contributed by atoms with Gasteiger partial charge in [0.1, 0.15) is 5.82 Å². The van der Waals surface area contributed by atoms with Crippen LogP contribution in [0.4, 0.5) is 13.2 Å². The Morgan fingerprint density at radius 2 is 2.00 bits per heavy atom. The highest BCUT2D eigenvalue weighted by Gasteiger charge is 2.32. The molecule has 0 radical (unpaired) electrons. The van der Waals surface area contributed by atoms with Crippen LogP contribution in [-0.2, 0) is 38.5 Å². The summed E-state index contributed by atoms with van der Waals surface area (Å²) in [6.45, 7) is 1.07. The summed E-state index contributed by atoms with van der Waals surface area (Å²) in [6.07, 6.45) is -0.355. The summed E-state index contributed by atoms with van der Waals surface area (Å²) in [5.41, 5.74) is 1.42. The molecule has 10 heteroatoms. The molecule has 1 N–H and O–H groups in total. The fourth-order valence-electron chi connectivity index (χ4n) is 4.23. The average Bonchev–Trinajstić information content (AvgIpc) is 3.47. The predicted molar refractivity (Wildman–Crippen MR) is 100 cm³/mol. The minimum atomic E-state index is -4.44. The molecule has 30 heavy (non-hydrogen) atoms. The molecule has 0 saturated heterocycles. The van der Waals surface area contributed by atoms with Crippen LogP contribution in [0, 0.1) is 0 Å². The molecule has 2 aliphatic rings. The number of halogens is 3. The lowest BCUT2D eigenvalue weighted by Gasteiger charge is -2.10. The molecular weight excluding hydrogens is 397 g/mol. The maximum atomic E-state index is 13.1. The number of nitrogens with zero attached hydrogens (tertiary/aromatic N) is 5. The maximum absolute atomic E-state index is 13.1. The molecule has 156 valence electrons. The molecule has 1 aliphatic carbocycles. The van der Waals surface area contributed by atoms with Gasteiger partial charge in [0.05, 0.1) is 17.8 Å². The molecule has 0 bridgehead atoms. The van der Waals surface area contributed by atoms with Gasteiger partial charge in [-0.15, -0.1) is 10.2 Å². The van der Waals surface area contributed by atoms with Gasteiger partial charge in [0, 0.05) is 24.2 Å². The highest BCUT2D eigenvalue weighted by molar-refractivity contribution is 5.94. The minimum absolute atomic E-state index is 0.233. The van der Waals surface area contributed by atoms with Crippen molar-refractivity contribution in [2.24, 2.45) is 0 Å². The SMILES string of the molecule is O=C(NCc1nnc2n1CCC2)c1nn(-c2cccc(C(F)(F)F)c2)c2c1CCC2. The highest BCUT2D eigenvalue weighted by Crippen LogP contribution is 2.32. The van der Waals surface area contributed by atoms with Crippen molar-refractivity contribution in [1.82, 2.24) is 29.9 Å². The normalized spacial score (nSPS) is 15.3. The monoisotopic (exact) mass is 416 g/mol. The van der Waals surface area contributed by atoms with E-state index in [0.717, 1.165) is 55.0 Å². The molecule has 0 saturated carbocycles. The number of hydrogen-bond donors (Lipinski definition) is 1. The van der Waals surface area contributed by atoms with Gasteiger partial charge >= 0.3 is 6.18 Å². The number of carbonyl (C=O) groups is 1. The fourth-order valence-corrected chi connectivity index (χ4v) is 4.23. The summed E-state index contributed by atoms with van der Waals surface area (Å²) in [7, 11) is 0. The summed E-state index contributed by atoms with van der Waals surface area (Å²) in [5, 5.41) is 15.5. The summed E-state index contributed by atoms with van der Waals surface area (Å²) >= 11 is 0. The fraction of sp³-hybridized carbons (Fsp3) is 0.400. The summed E-state index contributed by atoms with van der Waals surface area (Å²) in [4.78, 5) is 12.8. The van der Waals surface area contributed by atoms with Gasteiger partial charge in [-0.05, 0) is 43.9 Å². The van der Waals surface area contributed by atoms with E-state index in [1.165, 1.54) is 10.7 Å². The zero-order valence-electron chi connectivity index (χ0n) is 16.0. The molecule has 7 nitrogen and oxygen atoms in total. The molecule has 3 heterocycles. The zero-order valence-corrected chi connectivity index (χ0v) is 16.0. The maximum Gasteiger partial charge on any atom is 0.416 e. The second kappa shape index (κ2) is 6.96. The largest absolute Gasteiger partial charge is 0.416 e. The number of hydrogen-bond acceptors (Lipinski definition) is 4. The Labute approximate surface area is 169 Å². The molecule has 2 aromatic heterocycles. The number of rotatable bonds is 4. The van der Waals surface area contributed by atoms with Crippen molar-refractivity contribution in [3.05, 3.63) is 58.4 Å². The lowest BCUT2D eigenvalue weighted by molar-refractivity contribution is -0.137. The van der Waals surface area contributed by atoms with Gasteiger partial charge in [-0.25, -0.2) is 4.68 Å². The molecule has 0 fully saturated rings. The Hall–Kier alpha value is -3.17. The smallest absolute Gasteiger partial charge is 0.343 e. The molecule has 5 rings (SSSR count). The number of alkyl halides is 3. The van der Waals surface area contributed by atoms with Crippen LogP contribution >= 0.6 is 0 Å². The Morgan fingerprint density at radius 1 is 1.13 bits per heavy atom. The molecule has 0 spiro atoms. The molecule has 0 unspecified atom stereocenters. The van der Waals surface area contributed by atoms with Crippen LogP contribution in [0.3, 0.4) is 0 Å². The number of amides is 1. The minimum Gasteiger partial charge on any atom is -0.343 e. The number of fused-ring (bicyclic) bond motifs is 2. The van der Waals surface area contributed by atoms with Gasteiger partial charge in [0.15, 0.2) is 11.5 Å². The first-order valence-corrected chi connectivity index (χ1v) is 9.89. The highest BCUT2D eigenvalue weighted by atomic mass is 19.4. The van der Waals surface area contributed by atoms with Crippen molar-refractivity contribution in [1.29, 1.82) is 0 Å². The van der Waals surface area contributed by atoms with Crippen LogP contribution in [0.25, 0.3) is 5.69 Å². The van der Waals surface area contributed by atoms with E-state index < -0.39 is 11.7 Å². The Balaban J connectivity index is 1.42. The predicted octanol–water partition coefficient (Wildman–Crippen LogP) is 2.85. The molecule has 1 aromatic carbocycles. The Kier molecular flexibility index (Phi) is 4.37. The van der Waals surface area contributed by atoms with E-state index in [0.29, 0.717) is 24.4 Å². The van der Waals surface area contributed by atoms with Gasteiger partial charge in [-0.1, -0.05) is 6.07 Å². The topological polar surface area (TPSA) is 77.6 Å². The molecule has 1 aliphatic heterocycles. The number of aromatic nitrogens is 5. The first kappa shape index (κ1) is 18.8. The Bertz CT molecular complexity index is 1130. The third-order valence-corrected chi connectivity index (χ3v) is 5.66. The van der Waals surface area contributed by atoms with Crippen molar-refractivity contribution < 1.29 is 18.0 Å². The van der Waals surface area contributed by atoms with Gasteiger partial charge in [-0.2, -0.15) is 18.3 Å². The summed E-state index contributed by atoms with van der Waals surface area (Å²) in [5.74, 6) is 1.27. The molecule has 3 aromatic rings. The number of nitrogens with one attached hydrogen (secondary N) is 1. The average molecular weight is 416 g/mol. The third kappa shape index (κ3) is 3.16. The molecule has 1 amide bonds. The van der Waals surface area contributed by atoms with E-state index in [2.05, 4.69) is 20.6 Å². The van der Waals surface area contributed by atoms with Gasteiger partial charge < -0.3 is 9.88 Å². The van der Waals surface area contributed by atoms with Crippen LogP contribution < -0.4 is 5.32 Å². The Morgan fingerprint density at radius 3 is 2.83 bits per heavy atom. The van der Waals surface area contributed by atoms with E-state index in [1.54, 1.807) is 6.07 Å². The molecule has 0 atom stereocenters. The van der Waals surface area contributed by atoms with E-state index in [4.69, 9.17) is 0 Å². The van der Waals surface area contributed by atoms with Crippen LogP contribution in [0.2, 0.25) is 0 Å². The van der Waals surface area contributed by atoms with Crippen LogP contribution in [-0.4, -0.2) is 30.5 Å². The van der Waals surface area contributed by atoms with Gasteiger partial charge in [0.25, 0.3) is 5.91 Å². The number of aryl methyl sites for hydroxylation is 1. The van der Waals surface area contributed by atoms with Crippen molar-refractivity contribution in [2.75, 3.05) is 0 Å².